The summed E-state index contributed by atoms with van der Waals surface area (Å²) in [6.45, 7) is 2.22. The summed E-state index contributed by atoms with van der Waals surface area (Å²) in [5.74, 6) is -2.91. The van der Waals surface area contributed by atoms with E-state index in [0.29, 0.717) is 24.3 Å². The van der Waals surface area contributed by atoms with E-state index in [1.807, 2.05) is 24.3 Å². The van der Waals surface area contributed by atoms with E-state index in [4.69, 9.17) is 5.11 Å². The number of amides is 1. The van der Waals surface area contributed by atoms with Gasteiger partial charge in [-0.2, -0.15) is 0 Å². The molecular weight excluding hydrogens is 502 g/mol. The average molecular weight is 544 g/mol. The highest BCUT2D eigenvalue weighted by atomic mass is 32.2. The number of rotatable bonds is 19. The quantitative estimate of drug-likeness (QED) is 0.0906. The number of benzene rings is 2. The molecule has 0 bridgehead atoms. The first-order chi connectivity index (χ1) is 18.3. The number of hydrogen-bond acceptors (Lipinski definition) is 5. The minimum atomic E-state index is -1.19. The smallest absolute Gasteiger partial charge is 0.312 e. The molecule has 0 aromatic heterocycles. The van der Waals surface area contributed by atoms with Gasteiger partial charge in [-0.3, -0.25) is 14.4 Å². The zero-order chi connectivity index (χ0) is 27.8. The molecule has 0 radical (unpaired) electrons. The summed E-state index contributed by atoms with van der Waals surface area (Å²) < 4.78 is 0. The first-order valence-electron chi connectivity index (χ1n) is 13.5. The summed E-state index contributed by atoms with van der Waals surface area (Å²) in [4.78, 5) is 34.9. The van der Waals surface area contributed by atoms with Gasteiger partial charge < -0.3 is 20.6 Å². The van der Waals surface area contributed by atoms with Gasteiger partial charge >= 0.3 is 11.9 Å². The van der Waals surface area contributed by atoms with Crippen LogP contribution in [-0.2, 0) is 20.8 Å². The van der Waals surface area contributed by atoms with Crippen LogP contribution in [0.15, 0.2) is 53.4 Å². The number of aliphatic hydroxyl groups is 1. The van der Waals surface area contributed by atoms with E-state index < -0.39 is 36.3 Å². The van der Waals surface area contributed by atoms with Crippen molar-refractivity contribution in [1.29, 1.82) is 0 Å². The molecule has 0 spiro atoms. The highest BCUT2D eigenvalue weighted by molar-refractivity contribution is 7.99. The average Bonchev–Trinajstić information content (AvgIpc) is 2.88. The molecule has 1 amide bonds. The maximum Gasteiger partial charge on any atom is 0.312 e. The second kappa shape index (κ2) is 17.6. The van der Waals surface area contributed by atoms with Crippen molar-refractivity contribution in [3.05, 3.63) is 59.7 Å². The van der Waals surface area contributed by atoms with E-state index >= 15 is 0 Å². The fourth-order valence-corrected chi connectivity index (χ4v) is 5.13. The Hall–Kier alpha value is -2.84. The molecule has 0 aliphatic heterocycles. The van der Waals surface area contributed by atoms with E-state index in [1.165, 1.54) is 55.9 Å². The second-order valence-electron chi connectivity index (χ2n) is 9.69. The van der Waals surface area contributed by atoms with E-state index in [0.717, 1.165) is 23.3 Å². The fourth-order valence-electron chi connectivity index (χ4n) is 4.25. The summed E-state index contributed by atoms with van der Waals surface area (Å²) >= 11 is 1.43. The fraction of sp³-hybridized carbons (Fsp3) is 0.500. The van der Waals surface area contributed by atoms with Crippen molar-refractivity contribution >= 4 is 35.3 Å². The van der Waals surface area contributed by atoms with Gasteiger partial charge in [-0.15, -0.1) is 11.8 Å². The van der Waals surface area contributed by atoms with Gasteiger partial charge in [0.15, 0.2) is 0 Å². The van der Waals surface area contributed by atoms with Crippen LogP contribution in [0.2, 0.25) is 0 Å². The Balaban J connectivity index is 1.75. The molecule has 2 aromatic rings. The van der Waals surface area contributed by atoms with Crippen molar-refractivity contribution < 1.29 is 29.7 Å². The molecule has 7 nitrogen and oxygen atoms in total. The normalized spacial score (nSPS) is 12.6. The molecule has 0 fully saturated rings. The van der Waals surface area contributed by atoms with Crippen LogP contribution in [-0.4, -0.2) is 45.0 Å². The van der Waals surface area contributed by atoms with Gasteiger partial charge in [0.2, 0.25) is 5.91 Å². The van der Waals surface area contributed by atoms with E-state index in [1.54, 1.807) is 24.3 Å². The molecule has 2 unspecified atom stereocenters. The number of anilines is 1. The molecule has 4 N–H and O–H groups in total. The van der Waals surface area contributed by atoms with Gasteiger partial charge in [-0.1, -0.05) is 69.7 Å². The lowest BCUT2D eigenvalue weighted by Gasteiger charge is -2.16. The van der Waals surface area contributed by atoms with Crippen molar-refractivity contribution in [1.82, 2.24) is 0 Å². The zero-order valence-electron chi connectivity index (χ0n) is 22.2. The molecule has 0 heterocycles. The number of carboxylic acid groups (broad SMARTS) is 2. The predicted octanol–water partition coefficient (Wildman–Crippen LogP) is 6.49. The lowest BCUT2D eigenvalue weighted by Crippen LogP contribution is -2.17. The Bertz CT molecular complexity index is 993. The first-order valence-corrected chi connectivity index (χ1v) is 14.5. The van der Waals surface area contributed by atoms with Crippen LogP contribution in [0.3, 0.4) is 0 Å². The van der Waals surface area contributed by atoms with Gasteiger partial charge in [-0.25, -0.2) is 0 Å². The molecule has 0 saturated carbocycles. The van der Waals surface area contributed by atoms with Crippen molar-refractivity contribution in [2.24, 2.45) is 0 Å². The van der Waals surface area contributed by atoms with Crippen LogP contribution in [0.4, 0.5) is 5.69 Å². The van der Waals surface area contributed by atoms with Gasteiger partial charge in [0.25, 0.3) is 0 Å². The molecule has 2 atom stereocenters. The lowest BCUT2D eigenvalue weighted by molar-refractivity contribution is -0.140. The Kier molecular flexibility index (Phi) is 14.6. The summed E-state index contributed by atoms with van der Waals surface area (Å²) in [6, 6.07) is 14.8. The molecular formula is C30H41NO6S. The Morgan fingerprint density at radius 3 is 2.08 bits per heavy atom. The first kappa shape index (κ1) is 31.4. The van der Waals surface area contributed by atoms with Gasteiger partial charge in [0, 0.05) is 16.3 Å². The summed E-state index contributed by atoms with van der Waals surface area (Å²) in [5, 5.41) is 31.4. The van der Waals surface area contributed by atoms with Crippen LogP contribution in [0, 0.1) is 0 Å². The molecule has 38 heavy (non-hydrogen) atoms. The van der Waals surface area contributed by atoms with Crippen molar-refractivity contribution in [2.75, 3.05) is 11.1 Å². The number of aliphatic hydroxyl groups excluding tert-OH is 1. The zero-order valence-corrected chi connectivity index (χ0v) is 23.0. The Labute approximate surface area is 230 Å². The van der Waals surface area contributed by atoms with Crippen LogP contribution < -0.4 is 5.32 Å². The van der Waals surface area contributed by atoms with Gasteiger partial charge in [-0.05, 0) is 61.1 Å². The third-order valence-corrected chi connectivity index (χ3v) is 7.59. The van der Waals surface area contributed by atoms with Crippen molar-refractivity contribution in [2.45, 2.75) is 94.5 Å². The number of nitrogens with one attached hydrogen (secondary N) is 1. The topological polar surface area (TPSA) is 124 Å². The van der Waals surface area contributed by atoms with Crippen LogP contribution >= 0.6 is 11.8 Å². The number of carbonyl (C=O) groups is 3. The third-order valence-electron chi connectivity index (χ3n) is 6.43. The Morgan fingerprint density at radius 1 is 0.842 bits per heavy atom. The van der Waals surface area contributed by atoms with E-state index in [9.17, 15) is 24.6 Å². The second-order valence-corrected chi connectivity index (χ2v) is 10.8. The monoisotopic (exact) mass is 543 g/mol. The number of carboxylic acids is 2. The number of hydrogen-bond donors (Lipinski definition) is 4. The molecule has 0 aliphatic rings. The number of aryl methyl sites for hydroxylation is 1. The molecule has 0 saturated heterocycles. The minimum absolute atomic E-state index is 0.350. The number of carbonyl (C=O) groups excluding carboxylic acids is 1. The number of unbranched alkanes of at least 4 members (excludes halogenated alkanes) is 6. The van der Waals surface area contributed by atoms with Crippen molar-refractivity contribution in [3.63, 3.8) is 0 Å². The maximum atomic E-state index is 11.9. The summed E-state index contributed by atoms with van der Waals surface area (Å²) in [6.07, 6.45) is 9.34. The lowest BCUT2D eigenvalue weighted by atomic mass is 9.92. The number of aliphatic carboxylic acids is 2. The number of thioether (sulfide) groups is 1. The van der Waals surface area contributed by atoms with Crippen LogP contribution in [0.5, 0.6) is 0 Å². The highest BCUT2D eigenvalue weighted by Gasteiger charge is 2.21. The standard InChI is InChI=1S/C30H41NO6S/c1-2-3-4-5-6-7-8-9-22-10-12-23(13-11-22)27(30(36)37)19-16-25(32)21-38-26-17-14-24(15-18-26)31-28(33)20-29(34)35/h10-15,17-18,25,27,32H,2-9,16,19-21H2,1H3,(H,31,33)(H,34,35)(H,36,37). The van der Waals surface area contributed by atoms with Gasteiger partial charge in [0.05, 0.1) is 12.0 Å². The molecule has 2 rings (SSSR count). The minimum Gasteiger partial charge on any atom is -0.481 e. The predicted molar refractivity (Wildman–Crippen MR) is 152 cm³/mol. The molecule has 0 aliphatic carbocycles. The SMILES string of the molecule is CCCCCCCCCc1ccc(C(CCC(O)CSc2ccc(NC(=O)CC(=O)O)cc2)C(=O)O)cc1. The Morgan fingerprint density at radius 2 is 1.47 bits per heavy atom. The van der Waals surface area contributed by atoms with E-state index in [2.05, 4.69) is 12.2 Å². The molecule has 2 aromatic carbocycles. The van der Waals surface area contributed by atoms with Gasteiger partial charge in [0.1, 0.15) is 6.42 Å². The summed E-state index contributed by atoms with van der Waals surface area (Å²) in [5.41, 5.74) is 2.50. The van der Waals surface area contributed by atoms with E-state index in [-0.39, 0.29) is 0 Å². The third kappa shape index (κ3) is 12.6. The molecule has 208 valence electrons. The van der Waals surface area contributed by atoms with Crippen LogP contribution in [0.25, 0.3) is 0 Å². The summed E-state index contributed by atoms with van der Waals surface area (Å²) in [7, 11) is 0. The highest BCUT2D eigenvalue weighted by Crippen LogP contribution is 2.26. The van der Waals surface area contributed by atoms with Crippen LogP contribution in [0.1, 0.15) is 88.2 Å². The maximum absolute atomic E-state index is 11.9. The molecule has 8 heteroatoms. The van der Waals surface area contributed by atoms with Crippen molar-refractivity contribution in [3.8, 4) is 0 Å². The largest absolute Gasteiger partial charge is 0.481 e.